The summed E-state index contributed by atoms with van der Waals surface area (Å²) in [5.41, 5.74) is 0. The fraction of sp³-hybridized carbons (Fsp3) is 0.868. The van der Waals surface area contributed by atoms with Crippen molar-refractivity contribution in [1.82, 2.24) is 5.32 Å². The van der Waals surface area contributed by atoms with E-state index in [2.05, 4.69) is 55.6 Å². The van der Waals surface area contributed by atoms with Gasteiger partial charge in [-0.05, 0) is 64.2 Å². The number of unbranched alkanes of at least 4 members (excludes halogenated alkanes) is 42. The molecule has 1 fully saturated rings. The molecule has 9 nitrogen and oxygen atoms in total. The first kappa shape index (κ1) is 73.2. The second-order valence-corrected chi connectivity index (χ2v) is 23.3. The highest BCUT2D eigenvalue weighted by atomic mass is 16.7. The number of nitrogens with one attached hydrogen (secondary N) is 1. The van der Waals surface area contributed by atoms with Crippen LogP contribution in [0.25, 0.3) is 0 Å². The molecule has 0 aromatic carbocycles. The van der Waals surface area contributed by atoms with E-state index in [1.54, 1.807) is 6.08 Å². The molecule has 7 atom stereocenters. The fourth-order valence-corrected chi connectivity index (χ4v) is 10.6. The van der Waals surface area contributed by atoms with Crippen LogP contribution in [0.5, 0.6) is 0 Å². The highest BCUT2D eigenvalue weighted by molar-refractivity contribution is 5.76. The molecular formula is C68H127NO8. The van der Waals surface area contributed by atoms with E-state index in [0.717, 1.165) is 44.9 Å². The maximum absolute atomic E-state index is 13.1. The molecule has 9 heteroatoms. The molecule has 1 rings (SSSR count). The molecule has 1 aliphatic rings. The molecule has 1 heterocycles. The van der Waals surface area contributed by atoms with Crippen LogP contribution in [0.1, 0.15) is 322 Å². The third-order valence-electron chi connectivity index (χ3n) is 15.9. The van der Waals surface area contributed by atoms with Crippen LogP contribution in [0.3, 0.4) is 0 Å². The number of aliphatic hydroxyl groups excluding tert-OH is 5. The lowest BCUT2D eigenvalue weighted by Gasteiger charge is -2.40. The molecule has 0 bridgehead atoms. The number of amides is 1. The minimum atomic E-state index is -1.57. The van der Waals surface area contributed by atoms with E-state index < -0.39 is 49.5 Å². The first-order valence-electron chi connectivity index (χ1n) is 33.4. The number of aliphatic hydroxyl groups is 5. The SMILES string of the molecule is CCCCCCC/C=C\C/C=C\CCCCCCCCCCCC(=O)NC(COC1OC(CO)C(O)C(O)C1O)C(O)/C=C/CC/C=C/CCCCCCCCCCCCCCCCCCCCCCCCCCCCC. The van der Waals surface area contributed by atoms with Crippen LogP contribution in [0.4, 0.5) is 0 Å². The molecule has 0 aromatic rings. The summed E-state index contributed by atoms with van der Waals surface area (Å²) in [5.74, 6) is -0.188. The standard InChI is InChI=1S/C68H127NO8/c1-3-5-7-9-11-13-15-17-19-21-23-25-26-27-28-29-30-31-32-33-34-35-36-38-39-41-43-45-47-49-51-53-55-57-62(71)61(60-76-68-67(75)66(74)65(73)63(59-70)77-68)69-64(72)58-56-54-52-50-48-46-44-42-40-37-24-22-20-18-16-14-12-10-8-6-4-2/h16,18,22,24,47,49,55,57,61-63,65-68,70-71,73-75H,3-15,17,19-21,23,25-46,48,50-54,56,58-60H2,1-2H3,(H,69,72)/b18-16-,24-22-,49-47+,57-55+. The number of carbonyl (C=O) groups is 1. The van der Waals surface area contributed by atoms with Gasteiger partial charge in [-0.1, -0.05) is 300 Å². The Morgan fingerprint density at radius 3 is 1.17 bits per heavy atom. The number of hydrogen-bond donors (Lipinski definition) is 6. The number of hydrogen-bond acceptors (Lipinski definition) is 8. The smallest absolute Gasteiger partial charge is 0.220 e. The number of carbonyl (C=O) groups excluding carboxylic acids is 1. The van der Waals surface area contributed by atoms with Crippen molar-refractivity contribution in [3.63, 3.8) is 0 Å². The van der Waals surface area contributed by atoms with Crippen LogP contribution in [-0.4, -0.2) is 87.5 Å². The van der Waals surface area contributed by atoms with Crippen LogP contribution >= 0.6 is 0 Å². The average Bonchev–Trinajstić information content (AvgIpc) is 3.43. The predicted molar refractivity (Wildman–Crippen MR) is 327 cm³/mol. The Bertz CT molecular complexity index is 1350. The molecule has 1 saturated heterocycles. The number of allylic oxidation sites excluding steroid dienone is 7. The van der Waals surface area contributed by atoms with E-state index >= 15 is 0 Å². The monoisotopic (exact) mass is 1090 g/mol. The Morgan fingerprint density at radius 2 is 0.779 bits per heavy atom. The van der Waals surface area contributed by atoms with Crippen molar-refractivity contribution in [3.05, 3.63) is 48.6 Å². The molecule has 452 valence electrons. The van der Waals surface area contributed by atoms with Gasteiger partial charge in [-0.25, -0.2) is 0 Å². The van der Waals surface area contributed by atoms with E-state index in [-0.39, 0.29) is 12.5 Å². The quantitative estimate of drug-likeness (QED) is 0.0261. The van der Waals surface area contributed by atoms with E-state index in [0.29, 0.717) is 6.42 Å². The van der Waals surface area contributed by atoms with E-state index in [1.807, 2.05) is 6.08 Å². The summed E-state index contributed by atoms with van der Waals surface area (Å²) in [5, 5.41) is 54.6. The van der Waals surface area contributed by atoms with Crippen molar-refractivity contribution in [2.45, 2.75) is 365 Å². The van der Waals surface area contributed by atoms with Gasteiger partial charge in [0.1, 0.15) is 24.4 Å². The van der Waals surface area contributed by atoms with Crippen LogP contribution in [0, 0.1) is 0 Å². The normalized spacial score (nSPS) is 19.0. The zero-order valence-corrected chi connectivity index (χ0v) is 50.5. The van der Waals surface area contributed by atoms with Crippen molar-refractivity contribution in [1.29, 1.82) is 0 Å². The molecule has 0 aliphatic carbocycles. The summed E-state index contributed by atoms with van der Waals surface area (Å²) >= 11 is 0. The Morgan fingerprint density at radius 1 is 0.442 bits per heavy atom. The second kappa shape index (κ2) is 57.4. The molecule has 1 amide bonds. The second-order valence-electron chi connectivity index (χ2n) is 23.3. The maximum Gasteiger partial charge on any atom is 0.220 e. The summed E-state index contributed by atoms with van der Waals surface area (Å²) in [6, 6.07) is -0.827. The zero-order chi connectivity index (χ0) is 55.8. The van der Waals surface area contributed by atoms with Gasteiger partial charge in [0.25, 0.3) is 0 Å². The van der Waals surface area contributed by atoms with Crippen molar-refractivity contribution >= 4 is 5.91 Å². The third kappa shape index (κ3) is 46.5. The van der Waals surface area contributed by atoms with Gasteiger partial charge in [-0.3, -0.25) is 4.79 Å². The summed E-state index contributed by atoms with van der Waals surface area (Å²) in [6.07, 6.45) is 70.7. The molecule has 0 aromatic heterocycles. The van der Waals surface area contributed by atoms with Crippen molar-refractivity contribution in [2.75, 3.05) is 13.2 Å². The number of rotatable bonds is 58. The Kier molecular flexibility index (Phi) is 54.5. The topological polar surface area (TPSA) is 149 Å². The average molecular weight is 1090 g/mol. The Hall–Kier alpha value is -1.85. The van der Waals surface area contributed by atoms with Crippen molar-refractivity contribution in [2.24, 2.45) is 0 Å². The fourth-order valence-electron chi connectivity index (χ4n) is 10.6. The first-order chi connectivity index (χ1) is 37.8. The van der Waals surface area contributed by atoms with Gasteiger partial charge in [-0.2, -0.15) is 0 Å². The minimum Gasteiger partial charge on any atom is -0.394 e. The van der Waals surface area contributed by atoms with E-state index in [4.69, 9.17) is 9.47 Å². The van der Waals surface area contributed by atoms with Gasteiger partial charge in [0.15, 0.2) is 6.29 Å². The number of ether oxygens (including phenoxy) is 2. The van der Waals surface area contributed by atoms with Gasteiger partial charge >= 0.3 is 0 Å². The molecule has 6 N–H and O–H groups in total. The maximum atomic E-state index is 13.1. The van der Waals surface area contributed by atoms with Crippen LogP contribution in [0.15, 0.2) is 48.6 Å². The Balaban J connectivity index is 2.16. The highest BCUT2D eigenvalue weighted by Crippen LogP contribution is 2.23. The Labute approximate surface area is 475 Å². The van der Waals surface area contributed by atoms with Crippen molar-refractivity contribution < 1.29 is 39.8 Å². The third-order valence-corrected chi connectivity index (χ3v) is 15.9. The molecule has 0 saturated carbocycles. The van der Waals surface area contributed by atoms with Gasteiger partial charge in [0.05, 0.1) is 25.4 Å². The first-order valence-corrected chi connectivity index (χ1v) is 33.4. The van der Waals surface area contributed by atoms with E-state index in [9.17, 15) is 30.3 Å². The summed E-state index contributed by atoms with van der Waals surface area (Å²) in [7, 11) is 0. The van der Waals surface area contributed by atoms with Crippen LogP contribution in [0.2, 0.25) is 0 Å². The predicted octanol–water partition coefficient (Wildman–Crippen LogP) is 17.6. The summed E-state index contributed by atoms with van der Waals surface area (Å²) in [6.45, 7) is 3.79. The van der Waals surface area contributed by atoms with Crippen molar-refractivity contribution in [3.8, 4) is 0 Å². The van der Waals surface area contributed by atoms with Gasteiger partial charge in [-0.15, -0.1) is 0 Å². The largest absolute Gasteiger partial charge is 0.394 e. The van der Waals surface area contributed by atoms with Crippen LogP contribution < -0.4 is 5.32 Å². The van der Waals surface area contributed by atoms with Gasteiger partial charge in [0, 0.05) is 6.42 Å². The lowest BCUT2D eigenvalue weighted by molar-refractivity contribution is -0.302. The van der Waals surface area contributed by atoms with Gasteiger partial charge in [0.2, 0.25) is 5.91 Å². The highest BCUT2D eigenvalue weighted by Gasteiger charge is 2.44. The van der Waals surface area contributed by atoms with E-state index in [1.165, 1.54) is 257 Å². The molecule has 77 heavy (non-hydrogen) atoms. The zero-order valence-electron chi connectivity index (χ0n) is 50.5. The molecule has 0 spiro atoms. The summed E-state index contributed by atoms with van der Waals surface area (Å²) in [4.78, 5) is 13.1. The minimum absolute atomic E-state index is 0.188. The molecule has 7 unspecified atom stereocenters. The lowest BCUT2D eigenvalue weighted by atomic mass is 9.99. The lowest BCUT2D eigenvalue weighted by Crippen LogP contribution is -2.60. The van der Waals surface area contributed by atoms with Gasteiger partial charge < -0.3 is 40.3 Å². The molecule has 1 aliphatic heterocycles. The molecule has 0 radical (unpaired) electrons. The van der Waals surface area contributed by atoms with Crippen LogP contribution in [-0.2, 0) is 14.3 Å². The summed E-state index contributed by atoms with van der Waals surface area (Å²) < 4.78 is 11.3. The molecular weight excluding hydrogens is 959 g/mol.